The van der Waals surface area contributed by atoms with Gasteiger partial charge in [0.15, 0.2) is 6.61 Å². The van der Waals surface area contributed by atoms with Crippen molar-refractivity contribution in [1.82, 2.24) is 9.88 Å². The summed E-state index contributed by atoms with van der Waals surface area (Å²) in [6, 6.07) is 4.37. The van der Waals surface area contributed by atoms with E-state index in [0.717, 1.165) is 29.8 Å². The lowest BCUT2D eigenvalue weighted by Crippen LogP contribution is -2.31. The maximum atomic E-state index is 12.1. The molecule has 1 aliphatic carbocycles. The van der Waals surface area contributed by atoms with E-state index in [1.165, 1.54) is 6.08 Å². The van der Waals surface area contributed by atoms with Crippen molar-refractivity contribution in [2.75, 3.05) is 13.2 Å². The minimum atomic E-state index is -0.779. The normalized spacial score (nSPS) is 14.3. The fourth-order valence-electron chi connectivity index (χ4n) is 2.71. The van der Waals surface area contributed by atoms with Crippen molar-refractivity contribution < 1.29 is 14.3 Å². The Morgan fingerprint density at radius 3 is 2.68 bits per heavy atom. The SMILES string of the molecule is Cc1cc(/C=C(\C#N)C(=O)OCC(=O)NCC(C)C)c(C)n1C1CC1. The molecule has 6 nitrogen and oxygen atoms in total. The number of carbonyl (C=O) groups is 2. The molecular weight excluding hydrogens is 318 g/mol. The van der Waals surface area contributed by atoms with Gasteiger partial charge in [0.1, 0.15) is 11.6 Å². The van der Waals surface area contributed by atoms with Crippen LogP contribution in [0.2, 0.25) is 0 Å². The average molecular weight is 343 g/mol. The Morgan fingerprint density at radius 1 is 1.44 bits per heavy atom. The van der Waals surface area contributed by atoms with Gasteiger partial charge in [-0.2, -0.15) is 5.26 Å². The van der Waals surface area contributed by atoms with Crippen molar-refractivity contribution in [2.45, 2.75) is 46.6 Å². The quantitative estimate of drug-likeness (QED) is 0.469. The van der Waals surface area contributed by atoms with E-state index < -0.39 is 5.97 Å². The van der Waals surface area contributed by atoms with Crippen LogP contribution in [0.25, 0.3) is 6.08 Å². The number of ether oxygens (including phenoxy) is 1. The van der Waals surface area contributed by atoms with E-state index in [9.17, 15) is 14.9 Å². The van der Waals surface area contributed by atoms with Crippen molar-refractivity contribution >= 4 is 18.0 Å². The summed E-state index contributed by atoms with van der Waals surface area (Å²) in [6.45, 7) is 8.08. The summed E-state index contributed by atoms with van der Waals surface area (Å²) in [6.07, 6.45) is 3.87. The summed E-state index contributed by atoms with van der Waals surface area (Å²) < 4.78 is 7.19. The number of esters is 1. The highest BCUT2D eigenvalue weighted by atomic mass is 16.5. The van der Waals surface area contributed by atoms with Gasteiger partial charge < -0.3 is 14.6 Å². The molecule has 134 valence electrons. The molecule has 1 heterocycles. The van der Waals surface area contributed by atoms with Gasteiger partial charge in [0.05, 0.1) is 0 Å². The number of nitrogens with one attached hydrogen (secondary N) is 1. The molecule has 6 heteroatoms. The van der Waals surface area contributed by atoms with Crippen LogP contribution in [0.4, 0.5) is 0 Å². The molecule has 0 atom stereocenters. The highest BCUT2D eigenvalue weighted by Gasteiger charge is 2.27. The molecular formula is C19H25N3O3. The molecule has 0 unspecified atom stereocenters. The number of aryl methyl sites for hydroxylation is 1. The minimum absolute atomic E-state index is 0.104. The van der Waals surface area contributed by atoms with Gasteiger partial charge in [-0.05, 0) is 50.3 Å². The molecule has 0 radical (unpaired) electrons. The summed E-state index contributed by atoms with van der Waals surface area (Å²) in [4.78, 5) is 23.7. The van der Waals surface area contributed by atoms with Gasteiger partial charge in [-0.3, -0.25) is 4.79 Å². The molecule has 1 N–H and O–H groups in total. The van der Waals surface area contributed by atoms with Gasteiger partial charge in [-0.1, -0.05) is 13.8 Å². The van der Waals surface area contributed by atoms with Crippen molar-refractivity contribution in [3.05, 3.63) is 28.6 Å². The van der Waals surface area contributed by atoms with E-state index in [1.807, 2.05) is 39.8 Å². The van der Waals surface area contributed by atoms with Crippen LogP contribution in [0, 0.1) is 31.1 Å². The number of nitrogens with zero attached hydrogens (tertiary/aromatic N) is 2. The molecule has 0 bridgehead atoms. The van der Waals surface area contributed by atoms with E-state index in [2.05, 4.69) is 9.88 Å². The standard InChI is InChI=1S/C19H25N3O3/c1-12(2)10-21-18(23)11-25-19(24)16(9-20)8-15-7-13(3)22(14(15)4)17-5-6-17/h7-8,12,17H,5-6,10-11H2,1-4H3,(H,21,23)/b16-8+. The van der Waals surface area contributed by atoms with Gasteiger partial charge in [-0.15, -0.1) is 0 Å². The number of carbonyl (C=O) groups excluding carboxylic acids is 2. The van der Waals surface area contributed by atoms with Crippen LogP contribution in [0.15, 0.2) is 11.6 Å². The maximum Gasteiger partial charge on any atom is 0.349 e. The summed E-state index contributed by atoms with van der Waals surface area (Å²) >= 11 is 0. The first-order chi connectivity index (χ1) is 11.8. The zero-order chi connectivity index (χ0) is 18.6. The van der Waals surface area contributed by atoms with Crippen LogP contribution in [0.3, 0.4) is 0 Å². The van der Waals surface area contributed by atoms with Crippen LogP contribution in [-0.4, -0.2) is 29.6 Å². The van der Waals surface area contributed by atoms with Gasteiger partial charge in [0.25, 0.3) is 5.91 Å². The van der Waals surface area contributed by atoms with E-state index in [4.69, 9.17) is 4.74 Å². The fraction of sp³-hybridized carbons (Fsp3) is 0.526. The van der Waals surface area contributed by atoms with E-state index in [-0.39, 0.29) is 18.1 Å². The van der Waals surface area contributed by atoms with Crippen LogP contribution in [-0.2, 0) is 14.3 Å². The Balaban J connectivity index is 2.02. The average Bonchev–Trinajstić information content (AvgIpc) is 3.34. The van der Waals surface area contributed by atoms with Crippen LogP contribution < -0.4 is 5.32 Å². The van der Waals surface area contributed by atoms with Crippen molar-refractivity contribution in [3.63, 3.8) is 0 Å². The van der Waals surface area contributed by atoms with E-state index in [1.54, 1.807) is 0 Å². The lowest BCUT2D eigenvalue weighted by Gasteiger charge is -2.08. The molecule has 0 aromatic carbocycles. The fourth-order valence-corrected chi connectivity index (χ4v) is 2.71. The highest BCUT2D eigenvalue weighted by molar-refractivity contribution is 5.99. The van der Waals surface area contributed by atoms with Crippen molar-refractivity contribution in [3.8, 4) is 6.07 Å². The number of hydrogen-bond donors (Lipinski definition) is 1. The zero-order valence-corrected chi connectivity index (χ0v) is 15.3. The van der Waals surface area contributed by atoms with E-state index in [0.29, 0.717) is 18.5 Å². The molecule has 1 amide bonds. The molecule has 1 aromatic rings. The first-order valence-electron chi connectivity index (χ1n) is 8.57. The van der Waals surface area contributed by atoms with E-state index >= 15 is 0 Å². The van der Waals surface area contributed by atoms with Gasteiger partial charge in [-0.25, -0.2) is 4.79 Å². The maximum absolute atomic E-state index is 12.1. The lowest BCUT2D eigenvalue weighted by molar-refractivity contribution is -0.144. The number of rotatable bonds is 7. The first kappa shape index (κ1) is 18.8. The third-order valence-electron chi connectivity index (χ3n) is 4.12. The van der Waals surface area contributed by atoms with Gasteiger partial charge in [0.2, 0.25) is 0 Å². The molecule has 0 saturated heterocycles. The largest absolute Gasteiger partial charge is 0.451 e. The smallest absolute Gasteiger partial charge is 0.349 e. The number of hydrogen-bond acceptors (Lipinski definition) is 4. The minimum Gasteiger partial charge on any atom is -0.451 e. The zero-order valence-electron chi connectivity index (χ0n) is 15.3. The summed E-state index contributed by atoms with van der Waals surface area (Å²) in [5.41, 5.74) is 2.88. The van der Waals surface area contributed by atoms with Crippen LogP contribution in [0.1, 0.15) is 49.7 Å². The highest BCUT2D eigenvalue weighted by Crippen LogP contribution is 2.38. The predicted molar refractivity (Wildman–Crippen MR) is 94.6 cm³/mol. The number of nitriles is 1. The Labute approximate surface area is 148 Å². The van der Waals surface area contributed by atoms with Gasteiger partial charge in [0, 0.05) is 24.0 Å². The molecule has 1 aliphatic rings. The summed E-state index contributed by atoms with van der Waals surface area (Å²) in [5.74, 6) is -0.833. The summed E-state index contributed by atoms with van der Waals surface area (Å²) in [5, 5.41) is 11.9. The molecule has 25 heavy (non-hydrogen) atoms. The third-order valence-corrected chi connectivity index (χ3v) is 4.12. The predicted octanol–water partition coefficient (Wildman–Crippen LogP) is 2.66. The third kappa shape index (κ3) is 4.96. The number of aromatic nitrogens is 1. The second-order valence-corrected chi connectivity index (χ2v) is 6.87. The van der Waals surface area contributed by atoms with Crippen molar-refractivity contribution in [2.24, 2.45) is 5.92 Å². The Morgan fingerprint density at radius 2 is 2.12 bits per heavy atom. The molecule has 1 aromatic heterocycles. The monoisotopic (exact) mass is 343 g/mol. The molecule has 2 rings (SSSR count). The topological polar surface area (TPSA) is 84.1 Å². The Kier molecular flexibility index (Phi) is 6.02. The second-order valence-electron chi connectivity index (χ2n) is 6.87. The lowest BCUT2D eigenvalue weighted by atomic mass is 10.1. The molecule has 1 fully saturated rings. The first-order valence-corrected chi connectivity index (χ1v) is 8.57. The Bertz CT molecular complexity index is 734. The Hall–Kier alpha value is -2.55. The van der Waals surface area contributed by atoms with Crippen LogP contribution >= 0.6 is 0 Å². The number of amides is 1. The molecule has 0 spiro atoms. The molecule has 0 aliphatic heterocycles. The summed E-state index contributed by atoms with van der Waals surface area (Å²) in [7, 11) is 0. The van der Waals surface area contributed by atoms with Crippen LogP contribution in [0.5, 0.6) is 0 Å². The second kappa shape index (κ2) is 8.02. The molecule has 1 saturated carbocycles. The van der Waals surface area contributed by atoms with Crippen molar-refractivity contribution in [1.29, 1.82) is 5.26 Å². The van der Waals surface area contributed by atoms with Gasteiger partial charge >= 0.3 is 5.97 Å².